The molecule has 0 radical (unpaired) electrons. The Kier molecular flexibility index (Phi) is 3.86. The average Bonchev–Trinajstić information content (AvgIpc) is 3.09. The maximum absolute atomic E-state index is 11.1. The van der Waals surface area contributed by atoms with Crippen LogP contribution in [0.4, 0.5) is 0 Å². The molecule has 21 heavy (non-hydrogen) atoms. The third-order valence-electron chi connectivity index (χ3n) is 3.96. The first-order chi connectivity index (χ1) is 9.92. The fourth-order valence-electron chi connectivity index (χ4n) is 2.51. The van der Waals surface area contributed by atoms with E-state index in [0.29, 0.717) is 16.2 Å². The number of aliphatic hydroxyl groups is 1. The number of H-pyrrole nitrogens is 1. The number of alkyl halides is 1. The van der Waals surface area contributed by atoms with Gasteiger partial charge in [-0.2, -0.15) is 5.10 Å². The second-order valence-corrected chi connectivity index (χ2v) is 7.10. The number of benzene rings is 1. The molecular formula is C14H15Cl2N3OS. The van der Waals surface area contributed by atoms with Gasteiger partial charge in [0.15, 0.2) is 4.77 Å². The standard InChI is InChI=1S/C14H15Cl2N3OS/c15-11-3-1-10(2-4-11)7-14(20,13(16)5-6-13)8-19-12(21)17-9-18-19/h1-4,9,20H,5-8H2,(H,17,18,21). The zero-order chi connectivity index (χ0) is 15.1. The number of hydrogen-bond acceptors (Lipinski definition) is 3. The van der Waals surface area contributed by atoms with E-state index in [1.807, 2.05) is 24.3 Å². The van der Waals surface area contributed by atoms with Crippen LogP contribution in [-0.4, -0.2) is 30.3 Å². The Bertz CT molecular complexity index is 693. The maximum Gasteiger partial charge on any atom is 0.195 e. The minimum absolute atomic E-state index is 0.265. The maximum atomic E-state index is 11.1. The summed E-state index contributed by atoms with van der Waals surface area (Å²) in [5.41, 5.74) is -0.119. The summed E-state index contributed by atoms with van der Waals surface area (Å²) in [5.74, 6) is 0. The molecule has 1 unspecified atom stereocenters. The summed E-state index contributed by atoms with van der Waals surface area (Å²) in [7, 11) is 0. The van der Waals surface area contributed by atoms with E-state index in [9.17, 15) is 5.11 Å². The van der Waals surface area contributed by atoms with E-state index in [1.54, 1.807) is 4.68 Å². The lowest BCUT2D eigenvalue weighted by molar-refractivity contribution is 0.00727. The monoisotopic (exact) mass is 343 g/mol. The number of nitrogens with zero attached hydrogens (tertiary/aromatic N) is 2. The fourth-order valence-corrected chi connectivity index (χ4v) is 3.02. The molecule has 4 nitrogen and oxygen atoms in total. The van der Waals surface area contributed by atoms with Crippen molar-refractivity contribution in [2.24, 2.45) is 0 Å². The van der Waals surface area contributed by atoms with E-state index in [0.717, 1.165) is 18.4 Å². The molecule has 1 aromatic heterocycles. The zero-order valence-electron chi connectivity index (χ0n) is 11.2. The van der Waals surface area contributed by atoms with Crippen molar-refractivity contribution in [3.63, 3.8) is 0 Å². The smallest absolute Gasteiger partial charge is 0.195 e. The van der Waals surface area contributed by atoms with Crippen LogP contribution >= 0.6 is 35.4 Å². The van der Waals surface area contributed by atoms with Gasteiger partial charge in [0.25, 0.3) is 0 Å². The number of rotatable bonds is 5. The summed E-state index contributed by atoms with van der Waals surface area (Å²) in [4.78, 5) is 2.22. The van der Waals surface area contributed by atoms with Gasteiger partial charge in [0.1, 0.15) is 11.9 Å². The van der Waals surface area contributed by atoms with Gasteiger partial charge in [-0.1, -0.05) is 23.7 Å². The summed E-state index contributed by atoms with van der Waals surface area (Å²) >= 11 is 17.6. The van der Waals surface area contributed by atoms with E-state index >= 15 is 0 Å². The Morgan fingerprint density at radius 1 is 1.38 bits per heavy atom. The van der Waals surface area contributed by atoms with Crippen LogP contribution in [-0.2, 0) is 13.0 Å². The van der Waals surface area contributed by atoms with Crippen LogP contribution in [0.5, 0.6) is 0 Å². The number of nitrogens with one attached hydrogen (secondary N) is 1. The lowest BCUT2D eigenvalue weighted by Crippen LogP contribution is -2.47. The number of hydrogen-bond donors (Lipinski definition) is 2. The second kappa shape index (κ2) is 5.39. The molecule has 3 rings (SSSR count). The highest BCUT2D eigenvalue weighted by Crippen LogP contribution is 2.52. The van der Waals surface area contributed by atoms with Crippen molar-refractivity contribution in [3.8, 4) is 0 Å². The molecule has 0 bridgehead atoms. The Hall–Kier alpha value is -0.880. The molecule has 0 amide bonds. The molecule has 2 N–H and O–H groups in total. The van der Waals surface area contributed by atoms with Crippen LogP contribution < -0.4 is 0 Å². The molecule has 1 fully saturated rings. The summed E-state index contributed by atoms with van der Waals surface area (Å²) in [5, 5.41) is 15.9. The van der Waals surface area contributed by atoms with Crippen LogP contribution in [0.15, 0.2) is 30.6 Å². The van der Waals surface area contributed by atoms with E-state index in [2.05, 4.69) is 10.1 Å². The van der Waals surface area contributed by atoms with Crippen molar-refractivity contribution in [2.75, 3.05) is 0 Å². The lowest BCUT2D eigenvalue weighted by Gasteiger charge is -2.33. The summed E-state index contributed by atoms with van der Waals surface area (Å²) in [6.07, 6.45) is 3.52. The molecule has 7 heteroatoms. The van der Waals surface area contributed by atoms with Gasteiger partial charge in [-0.3, -0.25) is 0 Å². The highest BCUT2D eigenvalue weighted by molar-refractivity contribution is 7.71. The van der Waals surface area contributed by atoms with Crippen LogP contribution in [0.2, 0.25) is 5.02 Å². The average molecular weight is 344 g/mol. The molecule has 0 aliphatic heterocycles. The SMILES string of the molecule is OC(Cc1ccc(Cl)cc1)(Cn1nc[nH]c1=S)C1(Cl)CC1. The van der Waals surface area contributed by atoms with Gasteiger partial charge in [-0.25, -0.2) is 4.68 Å². The Morgan fingerprint density at radius 3 is 2.57 bits per heavy atom. The predicted molar refractivity (Wildman–Crippen MR) is 85.3 cm³/mol. The van der Waals surface area contributed by atoms with E-state index in [4.69, 9.17) is 35.4 Å². The Balaban J connectivity index is 1.88. The van der Waals surface area contributed by atoms with E-state index < -0.39 is 10.5 Å². The van der Waals surface area contributed by atoms with Crippen LogP contribution in [0, 0.1) is 4.77 Å². The molecular weight excluding hydrogens is 329 g/mol. The molecule has 1 saturated carbocycles. The van der Waals surface area contributed by atoms with Gasteiger partial charge in [-0.15, -0.1) is 11.6 Å². The molecule has 1 heterocycles. The number of aromatic amines is 1. The van der Waals surface area contributed by atoms with Crippen LogP contribution in [0.25, 0.3) is 0 Å². The molecule has 0 spiro atoms. The zero-order valence-corrected chi connectivity index (χ0v) is 13.5. The Morgan fingerprint density at radius 2 is 2.05 bits per heavy atom. The first kappa shape index (κ1) is 15.0. The molecule has 1 aliphatic rings. The van der Waals surface area contributed by atoms with Crippen molar-refractivity contribution in [1.82, 2.24) is 14.8 Å². The Labute approximate surface area is 137 Å². The molecule has 1 atom stereocenters. The second-order valence-electron chi connectivity index (χ2n) is 5.55. The largest absolute Gasteiger partial charge is 0.386 e. The van der Waals surface area contributed by atoms with Gasteiger partial charge >= 0.3 is 0 Å². The lowest BCUT2D eigenvalue weighted by atomic mass is 9.89. The quantitative estimate of drug-likeness (QED) is 0.646. The van der Waals surface area contributed by atoms with Gasteiger partial charge in [0, 0.05) is 11.4 Å². The molecule has 1 aromatic carbocycles. The summed E-state index contributed by atoms with van der Waals surface area (Å²) in [6.45, 7) is 0.265. The predicted octanol–water partition coefficient (Wildman–Crippen LogP) is 3.34. The van der Waals surface area contributed by atoms with Crippen molar-refractivity contribution >= 4 is 35.4 Å². The minimum atomic E-state index is -1.10. The number of aromatic nitrogens is 3. The van der Waals surface area contributed by atoms with Gasteiger partial charge < -0.3 is 10.1 Å². The van der Waals surface area contributed by atoms with Crippen molar-refractivity contribution in [1.29, 1.82) is 0 Å². The first-order valence-electron chi connectivity index (χ1n) is 6.68. The van der Waals surface area contributed by atoms with Gasteiger partial charge in [0.05, 0.1) is 11.4 Å². The number of halogens is 2. The third-order valence-corrected chi connectivity index (χ3v) is 5.27. The van der Waals surface area contributed by atoms with E-state index in [1.165, 1.54) is 6.33 Å². The van der Waals surface area contributed by atoms with Crippen molar-refractivity contribution < 1.29 is 5.11 Å². The molecule has 2 aromatic rings. The molecule has 112 valence electrons. The fraction of sp³-hybridized carbons (Fsp3) is 0.429. The first-order valence-corrected chi connectivity index (χ1v) is 7.85. The van der Waals surface area contributed by atoms with Gasteiger partial charge in [-0.05, 0) is 42.8 Å². The van der Waals surface area contributed by atoms with Crippen LogP contribution in [0.3, 0.4) is 0 Å². The highest BCUT2D eigenvalue weighted by Gasteiger charge is 2.58. The summed E-state index contributed by atoms with van der Waals surface area (Å²) in [6, 6.07) is 7.43. The van der Waals surface area contributed by atoms with Gasteiger partial charge in [0.2, 0.25) is 0 Å². The molecule has 1 aliphatic carbocycles. The topological polar surface area (TPSA) is 53.8 Å². The van der Waals surface area contributed by atoms with Crippen LogP contribution in [0.1, 0.15) is 18.4 Å². The summed E-state index contributed by atoms with van der Waals surface area (Å²) < 4.78 is 2.05. The molecule has 0 saturated heterocycles. The highest BCUT2D eigenvalue weighted by atomic mass is 35.5. The third kappa shape index (κ3) is 3.01. The van der Waals surface area contributed by atoms with E-state index in [-0.39, 0.29) is 6.54 Å². The normalized spacial score (nSPS) is 19.2. The van der Waals surface area contributed by atoms with Crippen molar-refractivity contribution in [3.05, 3.63) is 45.9 Å². The van der Waals surface area contributed by atoms with Crippen molar-refractivity contribution in [2.45, 2.75) is 36.3 Å². The minimum Gasteiger partial charge on any atom is -0.386 e.